The molecule has 0 aliphatic heterocycles. The Kier molecular flexibility index (Phi) is 3.23. The van der Waals surface area contributed by atoms with Crippen molar-refractivity contribution < 1.29 is 4.74 Å². The highest BCUT2D eigenvalue weighted by atomic mass is 32.1. The van der Waals surface area contributed by atoms with Gasteiger partial charge in [-0.1, -0.05) is 0 Å². The van der Waals surface area contributed by atoms with Crippen LogP contribution in [0.1, 0.15) is 12.6 Å². The smallest absolute Gasteiger partial charge is 0.194 e. The summed E-state index contributed by atoms with van der Waals surface area (Å²) in [4.78, 5) is 5.34. The average molecular weight is 273 g/mol. The van der Waals surface area contributed by atoms with Crippen molar-refractivity contribution in [1.29, 1.82) is 0 Å². The van der Waals surface area contributed by atoms with E-state index in [1.165, 1.54) is 0 Å². The van der Waals surface area contributed by atoms with Gasteiger partial charge in [-0.15, -0.1) is 11.3 Å². The number of fused-ring (bicyclic) bond motifs is 1. The van der Waals surface area contributed by atoms with E-state index in [4.69, 9.17) is 10.5 Å². The summed E-state index contributed by atoms with van der Waals surface area (Å²) in [6.45, 7) is 3.15. The Bertz CT molecular complexity index is 684. The highest BCUT2D eigenvalue weighted by Crippen LogP contribution is 2.28. The summed E-state index contributed by atoms with van der Waals surface area (Å²) in [5.41, 5.74) is 9.05. The van der Waals surface area contributed by atoms with E-state index >= 15 is 0 Å². The van der Waals surface area contributed by atoms with E-state index in [-0.39, 0.29) is 0 Å². The quantitative estimate of drug-likeness (QED) is 0.795. The maximum atomic E-state index is 5.75. The van der Waals surface area contributed by atoms with Crippen LogP contribution in [-0.4, -0.2) is 16.0 Å². The van der Waals surface area contributed by atoms with Crippen molar-refractivity contribution in [2.75, 3.05) is 6.61 Å². The molecule has 0 fully saturated rings. The highest BCUT2D eigenvalue weighted by Gasteiger charge is 2.10. The second-order valence-corrected chi connectivity index (χ2v) is 4.99. The number of hydrogen-bond acceptors (Lipinski definition) is 4. The zero-order chi connectivity index (χ0) is 13.2. The van der Waals surface area contributed by atoms with Crippen molar-refractivity contribution in [3.05, 3.63) is 41.5 Å². The SMILES string of the molecule is CCOc1ccc(-c2csc3ncc(CN)n23)cc1. The second-order valence-electron chi connectivity index (χ2n) is 4.15. The van der Waals surface area contributed by atoms with E-state index < -0.39 is 0 Å². The van der Waals surface area contributed by atoms with Crippen LogP contribution in [-0.2, 0) is 6.54 Å². The molecule has 0 bridgehead atoms. The molecular formula is C14H15N3OS. The fraction of sp³-hybridized carbons (Fsp3) is 0.214. The molecule has 0 radical (unpaired) electrons. The van der Waals surface area contributed by atoms with Crippen LogP contribution < -0.4 is 10.5 Å². The lowest BCUT2D eigenvalue weighted by Gasteiger charge is -2.05. The third-order valence-electron chi connectivity index (χ3n) is 2.99. The topological polar surface area (TPSA) is 52.5 Å². The number of rotatable bonds is 4. The largest absolute Gasteiger partial charge is 0.494 e. The van der Waals surface area contributed by atoms with Gasteiger partial charge in [0.25, 0.3) is 0 Å². The van der Waals surface area contributed by atoms with E-state index in [2.05, 4.69) is 26.9 Å². The first-order chi connectivity index (χ1) is 9.33. The van der Waals surface area contributed by atoms with Crippen LogP contribution in [0.4, 0.5) is 0 Å². The van der Waals surface area contributed by atoms with E-state index in [9.17, 15) is 0 Å². The van der Waals surface area contributed by atoms with Crippen molar-refractivity contribution in [2.24, 2.45) is 5.73 Å². The Morgan fingerprint density at radius 2 is 2.11 bits per heavy atom. The molecule has 0 saturated carbocycles. The molecule has 0 saturated heterocycles. The minimum Gasteiger partial charge on any atom is -0.494 e. The maximum Gasteiger partial charge on any atom is 0.194 e. The number of ether oxygens (including phenoxy) is 1. The Morgan fingerprint density at radius 3 is 2.79 bits per heavy atom. The Balaban J connectivity index is 2.05. The minimum absolute atomic E-state index is 0.488. The number of nitrogens with two attached hydrogens (primary N) is 1. The van der Waals surface area contributed by atoms with Gasteiger partial charge in [-0.05, 0) is 36.8 Å². The summed E-state index contributed by atoms with van der Waals surface area (Å²) in [7, 11) is 0. The first-order valence-electron chi connectivity index (χ1n) is 6.20. The van der Waals surface area contributed by atoms with Crippen LogP contribution >= 0.6 is 11.3 Å². The number of hydrogen-bond donors (Lipinski definition) is 1. The lowest BCUT2D eigenvalue weighted by molar-refractivity contribution is 0.340. The van der Waals surface area contributed by atoms with E-state index in [1.807, 2.05) is 25.3 Å². The fourth-order valence-corrected chi connectivity index (χ4v) is 2.99. The zero-order valence-electron chi connectivity index (χ0n) is 10.7. The standard InChI is InChI=1S/C14H15N3OS/c1-2-18-12-5-3-10(4-6-12)13-9-19-14-16-8-11(7-15)17(13)14/h3-6,8-9H,2,7,15H2,1H3. The van der Waals surface area contributed by atoms with Gasteiger partial charge in [0.15, 0.2) is 4.96 Å². The van der Waals surface area contributed by atoms with Gasteiger partial charge in [0.1, 0.15) is 5.75 Å². The van der Waals surface area contributed by atoms with Gasteiger partial charge >= 0.3 is 0 Å². The van der Waals surface area contributed by atoms with Gasteiger partial charge in [-0.3, -0.25) is 4.40 Å². The molecule has 2 aromatic heterocycles. The van der Waals surface area contributed by atoms with E-state index in [0.717, 1.165) is 27.7 Å². The minimum atomic E-state index is 0.488. The van der Waals surface area contributed by atoms with E-state index in [0.29, 0.717) is 13.2 Å². The molecule has 3 aromatic rings. The molecule has 0 aliphatic rings. The van der Waals surface area contributed by atoms with Crippen molar-refractivity contribution in [3.63, 3.8) is 0 Å². The van der Waals surface area contributed by atoms with Gasteiger partial charge in [0.2, 0.25) is 0 Å². The number of thiazole rings is 1. The van der Waals surface area contributed by atoms with Gasteiger partial charge in [0.05, 0.1) is 24.2 Å². The molecule has 5 heteroatoms. The van der Waals surface area contributed by atoms with Crippen LogP contribution in [0.25, 0.3) is 16.2 Å². The van der Waals surface area contributed by atoms with Crippen LogP contribution in [0.5, 0.6) is 5.75 Å². The molecule has 0 unspecified atom stereocenters. The van der Waals surface area contributed by atoms with Crippen LogP contribution in [0, 0.1) is 0 Å². The summed E-state index contributed by atoms with van der Waals surface area (Å²) < 4.78 is 7.57. The molecule has 2 N–H and O–H groups in total. The van der Waals surface area contributed by atoms with E-state index in [1.54, 1.807) is 11.3 Å². The molecule has 0 amide bonds. The van der Waals surface area contributed by atoms with Crippen LogP contribution in [0.3, 0.4) is 0 Å². The van der Waals surface area contributed by atoms with Crippen molar-refractivity contribution in [3.8, 4) is 17.0 Å². The molecule has 0 aliphatic carbocycles. The molecule has 0 atom stereocenters. The average Bonchev–Trinajstić information content (AvgIpc) is 3.01. The zero-order valence-corrected chi connectivity index (χ0v) is 11.5. The van der Waals surface area contributed by atoms with Gasteiger partial charge < -0.3 is 10.5 Å². The van der Waals surface area contributed by atoms with Gasteiger partial charge in [-0.25, -0.2) is 4.98 Å². The Hall–Kier alpha value is -1.85. The summed E-state index contributed by atoms with van der Waals surface area (Å²) in [5, 5.41) is 2.11. The van der Waals surface area contributed by atoms with Crippen molar-refractivity contribution in [1.82, 2.24) is 9.38 Å². The number of aromatic nitrogens is 2. The number of nitrogens with zero attached hydrogens (tertiary/aromatic N) is 2. The van der Waals surface area contributed by atoms with Crippen LogP contribution in [0.2, 0.25) is 0 Å². The molecule has 19 heavy (non-hydrogen) atoms. The molecule has 3 rings (SSSR count). The normalized spacial score (nSPS) is 11.1. The Morgan fingerprint density at radius 1 is 1.32 bits per heavy atom. The van der Waals surface area contributed by atoms with Crippen LogP contribution in [0.15, 0.2) is 35.8 Å². The molecule has 4 nitrogen and oxygen atoms in total. The molecular weight excluding hydrogens is 258 g/mol. The highest BCUT2D eigenvalue weighted by molar-refractivity contribution is 7.15. The summed E-state index contributed by atoms with van der Waals surface area (Å²) in [6.07, 6.45) is 1.84. The molecule has 1 aromatic carbocycles. The third-order valence-corrected chi connectivity index (χ3v) is 3.83. The summed E-state index contributed by atoms with van der Waals surface area (Å²) in [5.74, 6) is 0.891. The Labute approximate surface area is 115 Å². The fourth-order valence-electron chi connectivity index (χ4n) is 2.10. The van der Waals surface area contributed by atoms with Crippen molar-refractivity contribution >= 4 is 16.3 Å². The van der Waals surface area contributed by atoms with Crippen molar-refractivity contribution in [2.45, 2.75) is 13.5 Å². The summed E-state index contributed by atoms with van der Waals surface area (Å²) in [6, 6.07) is 8.10. The predicted molar refractivity (Wildman–Crippen MR) is 77.6 cm³/mol. The second kappa shape index (κ2) is 5.03. The predicted octanol–water partition coefficient (Wildman–Crippen LogP) is 2.92. The first-order valence-corrected chi connectivity index (χ1v) is 7.08. The monoisotopic (exact) mass is 273 g/mol. The third kappa shape index (κ3) is 2.11. The first kappa shape index (κ1) is 12.2. The lowest BCUT2D eigenvalue weighted by Crippen LogP contribution is -2.00. The number of imidazole rings is 1. The molecule has 0 spiro atoms. The molecule has 2 heterocycles. The number of benzene rings is 1. The van der Waals surface area contributed by atoms with Gasteiger partial charge in [-0.2, -0.15) is 0 Å². The van der Waals surface area contributed by atoms with Gasteiger partial charge in [0, 0.05) is 11.9 Å². The molecule has 98 valence electrons. The summed E-state index contributed by atoms with van der Waals surface area (Å²) >= 11 is 1.62. The maximum absolute atomic E-state index is 5.75. The lowest BCUT2D eigenvalue weighted by atomic mass is 10.1.